The second kappa shape index (κ2) is 4.49. The van der Waals surface area contributed by atoms with Gasteiger partial charge in [0.05, 0.1) is 12.2 Å². The van der Waals surface area contributed by atoms with E-state index in [4.69, 9.17) is 10.8 Å². The standard InChI is InChI=1S/C16H21N3/c1-12-15(16(11-17)8-9-16)13(2)19(18-12)10-14-6-4-3-5-7-14/h3-7H,8-11,17H2,1-2H3. The van der Waals surface area contributed by atoms with E-state index in [2.05, 4.69) is 42.8 Å². The Bertz CT molecular complexity index is 580. The van der Waals surface area contributed by atoms with E-state index in [1.54, 1.807) is 0 Å². The van der Waals surface area contributed by atoms with Crippen molar-refractivity contribution in [3.63, 3.8) is 0 Å². The van der Waals surface area contributed by atoms with Gasteiger partial charge in [-0.3, -0.25) is 4.68 Å². The molecule has 0 aliphatic heterocycles. The Hall–Kier alpha value is -1.61. The van der Waals surface area contributed by atoms with Crippen molar-refractivity contribution < 1.29 is 0 Å². The van der Waals surface area contributed by atoms with Gasteiger partial charge in [-0.25, -0.2) is 0 Å². The van der Waals surface area contributed by atoms with Gasteiger partial charge in [0.25, 0.3) is 0 Å². The van der Waals surface area contributed by atoms with Crippen molar-refractivity contribution in [3.05, 3.63) is 52.8 Å². The third-order valence-corrected chi connectivity index (χ3v) is 4.33. The Kier molecular flexibility index (Phi) is 2.94. The molecule has 0 spiro atoms. The average molecular weight is 255 g/mol. The lowest BCUT2D eigenvalue weighted by atomic mass is 9.94. The highest BCUT2D eigenvalue weighted by Gasteiger charge is 2.46. The topological polar surface area (TPSA) is 43.8 Å². The molecule has 3 heteroatoms. The van der Waals surface area contributed by atoms with Crippen molar-refractivity contribution >= 4 is 0 Å². The largest absolute Gasteiger partial charge is 0.330 e. The fourth-order valence-electron chi connectivity index (χ4n) is 3.08. The minimum atomic E-state index is 0.225. The first-order valence-corrected chi connectivity index (χ1v) is 6.95. The molecule has 0 amide bonds. The number of nitrogens with two attached hydrogens (primary N) is 1. The fourth-order valence-corrected chi connectivity index (χ4v) is 3.08. The van der Waals surface area contributed by atoms with Crippen LogP contribution >= 0.6 is 0 Å². The molecule has 3 rings (SSSR count). The summed E-state index contributed by atoms with van der Waals surface area (Å²) in [5.41, 5.74) is 11.3. The smallest absolute Gasteiger partial charge is 0.0662 e. The number of aryl methyl sites for hydroxylation is 1. The van der Waals surface area contributed by atoms with Crippen LogP contribution in [0.25, 0.3) is 0 Å². The number of hydrogen-bond donors (Lipinski definition) is 1. The van der Waals surface area contributed by atoms with E-state index in [1.807, 2.05) is 6.07 Å². The average Bonchev–Trinajstić information content (AvgIpc) is 3.15. The second-order valence-electron chi connectivity index (χ2n) is 5.67. The zero-order chi connectivity index (χ0) is 13.5. The van der Waals surface area contributed by atoms with Crippen molar-refractivity contribution in [3.8, 4) is 0 Å². The number of hydrogen-bond acceptors (Lipinski definition) is 2. The van der Waals surface area contributed by atoms with E-state index in [1.165, 1.54) is 29.7 Å². The Labute approximate surface area is 114 Å². The molecule has 3 nitrogen and oxygen atoms in total. The van der Waals surface area contributed by atoms with Crippen molar-refractivity contribution in [1.82, 2.24) is 9.78 Å². The Morgan fingerprint density at radius 1 is 1.21 bits per heavy atom. The van der Waals surface area contributed by atoms with Crippen LogP contribution in [0.2, 0.25) is 0 Å². The second-order valence-corrected chi connectivity index (χ2v) is 5.67. The molecule has 1 aliphatic rings. The maximum absolute atomic E-state index is 5.96. The van der Waals surface area contributed by atoms with Crippen molar-refractivity contribution in [1.29, 1.82) is 0 Å². The molecule has 2 N–H and O–H groups in total. The van der Waals surface area contributed by atoms with Gasteiger partial charge in [0.15, 0.2) is 0 Å². The molecule has 19 heavy (non-hydrogen) atoms. The molecule has 1 aromatic heterocycles. The van der Waals surface area contributed by atoms with Gasteiger partial charge in [-0.15, -0.1) is 0 Å². The van der Waals surface area contributed by atoms with Crippen LogP contribution in [0.1, 0.15) is 35.4 Å². The zero-order valence-electron chi connectivity index (χ0n) is 11.7. The third kappa shape index (κ3) is 2.08. The number of rotatable bonds is 4. The van der Waals surface area contributed by atoms with E-state index in [0.29, 0.717) is 0 Å². The lowest BCUT2D eigenvalue weighted by Gasteiger charge is -2.13. The van der Waals surface area contributed by atoms with E-state index < -0.39 is 0 Å². The highest BCUT2D eigenvalue weighted by atomic mass is 15.3. The number of aromatic nitrogens is 2. The summed E-state index contributed by atoms with van der Waals surface area (Å²) in [4.78, 5) is 0. The predicted molar refractivity (Wildman–Crippen MR) is 77.2 cm³/mol. The van der Waals surface area contributed by atoms with Crippen molar-refractivity contribution in [2.24, 2.45) is 5.73 Å². The highest BCUT2D eigenvalue weighted by Crippen LogP contribution is 2.49. The zero-order valence-corrected chi connectivity index (χ0v) is 11.7. The summed E-state index contributed by atoms with van der Waals surface area (Å²) in [5, 5.41) is 4.72. The maximum Gasteiger partial charge on any atom is 0.0662 e. The summed E-state index contributed by atoms with van der Waals surface area (Å²) in [6, 6.07) is 10.5. The molecule has 1 heterocycles. The Balaban J connectivity index is 1.94. The molecule has 0 saturated heterocycles. The quantitative estimate of drug-likeness (QED) is 0.912. The lowest BCUT2D eigenvalue weighted by Crippen LogP contribution is -2.21. The van der Waals surface area contributed by atoms with E-state index in [0.717, 1.165) is 18.8 Å². The third-order valence-electron chi connectivity index (χ3n) is 4.33. The number of benzene rings is 1. The van der Waals surface area contributed by atoms with E-state index in [9.17, 15) is 0 Å². The van der Waals surface area contributed by atoms with E-state index >= 15 is 0 Å². The Morgan fingerprint density at radius 2 is 1.89 bits per heavy atom. The van der Waals surface area contributed by atoms with Gasteiger partial charge in [-0.1, -0.05) is 30.3 Å². The summed E-state index contributed by atoms with van der Waals surface area (Å²) in [6.07, 6.45) is 2.42. The van der Waals surface area contributed by atoms with Gasteiger partial charge in [-0.05, 0) is 32.3 Å². The van der Waals surface area contributed by atoms with Gasteiger partial charge in [-0.2, -0.15) is 5.10 Å². The van der Waals surface area contributed by atoms with Crippen LogP contribution < -0.4 is 5.73 Å². The monoisotopic (exact) mass is 255 g/mol. The first kappa shape index (κ1) is 12.4. The summed E-state index contributed by atoms with van der Waals surface area (Å²) in [6.45, 7) is 5.87. The van der Waals surface area contributed by atoms with Crippen LogP contribution in [0.15, 0.2) is 30.3 Å². The van der Waals surface area contributed by atoms with Crippen molar-refractivity contribution in [2.45, 2.75) is 38.6 Å². The minimum Gasteiger partial charge on any atom is -0.330 e. The molecule has 0 atom stereocenters. The normalized spacial score (nSPS) is 16.6. The van der Waals surface area contributed by atoms with Crippen LogP contribution in [0.4, 0.5) is 0 Å². The molecule has 2 aromatic rings. The summed E-state index contributed by atoms with van der Waals surface area (Å²) in [7, 11) is 0. The maximum atomic E-state index is 5.96. The molecule has 1 aliphatic carbocycles. The van der Waals surface area contributed by atoms with Crippen LogP contribution in [-0.2, 0) is 12.0 Å². The summed E-state index contributed by atoms with van der Waals surface area (Å²) in [5.74, 6) is 0. The van der Waals surface area contributed by atoms with E-state index in [-0.39, 0.29) is 5.41 Å². The minimum absolute atomic E-state index is 0.225. The summed E-state index contributed by atoms with van der Waals surface area (Å²) >= 11 is 0. The molecular weight excluding hydrogens is 234 g/mol. The van der Waals surface area contributed by atoms with Crippen LogP contribution in [-0.4, -0.2) is 16.3 Å². The molecule has 1 aromatic carbocycles. The molecule has 0 radical (unpaired) electrons. The molecule has 1 saturated carbocycles. The molecule has 1 fully saturated rings. The van der Waals surface area contributed by atoms with Gasteiger partial charge in [0.2, 0.25) is 0 Å². The highest BCUT2D eigenvalue weighted by molar-refractivity contribution is 5.39. The van der Waals surface area contributed by atoms with Gasteiger partial charge in [0, 0.05) is 23.2 Å². The van der Waals surface area contributed by atoms with Gasteiger partial charge in [0.1, 0.15) is 0 Å². The van der Waals surface area contributed by atoms with Gasteiger partial charge >= 0.3 is 0 Å². The lowest BCUT2D eigenvalue weighted by molar-refractivity contribution is 0.650. The van der Waals surface area contributed by atoms with Crippen LogP contribution in [0.5, 0.6) is 0 Å². The van der Waals surface area contributed by atoms with Crippen molar-refractivity contribution in [2.75, 3.05) is 6.54 Å². The molecular formula is C16H21N3. The first-order chi connectivity index (χ1) is 9.16. The van der Waals surface area contributed by atoms with Gasteiger partial charge < -0.3 is 5.73 Å². The molecule has 0 bridgehead atoms. The first-order valence-electron chi connectivity index (χ1n) is 6.95. The molecule has 100 valence electrons. The molecule has 0 unspecified atom stereocenters. The predicted octanol–water partition coefficient (Wildman–Crippen LogP) is 2.54. The Morgan fingerprint density at radius 3 is 2.47 bits per heavy atom. The van der Waals surface area contributed by atoms with Crippen LogP contribution in [0, 0.1) is 13.8 Å². The summed E-state index contributed by atoms with van der Waals surface area (Å²) < 4.78 is 2.12. The number of nitrogens with zero attached hydrogens (tertiary/aromatic N) is 2. The SMILES string of the molecule is Cc1nn(Cc2ccccc2)c(C)c1C1(CN)CC1. The van der Waals surface area contributed by atoms with Crippen LogP contribution in [0.3, 0.4) is 0 Å². The fraction of sp³-hybridized carbons (Fsp3) is 0.438.